The first-order valence-corrected chi connectivity index (χ1v) is 8.49. The molecule has 0 amide bonds. The summed E-state index contributed by atoms with van der Waals surface area (Å²) in [6, 6.07) is 3.96. The molecule has 2 aliphatic heterocycles. The molecule has 0 spiro atoms. The molecule has 108 valence electrons. The van der Waals surface area contributed by atoms with E-state index in [1.165, 1.54) is 9.81 Å². The summed E-state index contributed by atoms with van der Waals surface area (Å²) in [5, 5.41) is 0. The largest absolute Gasteiger partial charge is 0.493 e. The lowest BCUT2D eigenvalue weighted by Crippen LogP contribution is -2.34. The number of fused-ring (bicyclic) bond motifs is 2. The SMILES string of the molecule is COc1cc2c(cc1OC)C1=C(SCCS1)C(C)(C)O2. The lowest BCUT2D eigenvalue weighted by Gasteiger charge is -2.38. The summed E-state index contributed by atoms with van der Waals surface area (Å²) in [5.74, 6) is 4.60. The number of methoxy groups -OCH3 is 2. The minimum atomic E-state index is -0.278. The molecule has 0 atom stereocenters. The summed E-state index contributed by atoms with van der Waals surface area (Å²) < 4.78 is 17.0. The van der Waals surface area contributed by atoms with Crippen LogP contribution in [0.1, 0.15) is 19.4 Å². The van der Waals surface area contributed by atoms with Crippen LogP contribution in [-0.2, 0) is 0 Å². The maximum atomic E-state index is 6.20. The summed E-state index contributed by atoms with van der Waals surface area (Å²) in [5.41, 5.74) is 0.842. The van der Waals surface area contributed by atoms with Crippen molar-refractivity contribution in [3.63, 3.8) is 0 Å². The summed E-state index contributed by atoms with van der Waals surface area (Å²) in [6.45, 7) is 4.25. The van der Waals surface area contributed by atoms with E-state index in [0.717, 1.165) is 28.6 Å². The van der Waals surface area contributed by atoms with Gasteiger partial charge in [-0.3, -0.25) is 0 Å². The highest BCUT2D eigenvalue weighted by Gasteiger charge is 2.37. The van der Waals surface area contributed by atoms with Crippen molar-refractivity contribution in [2.45, 2.75) is 19.4 Å². The normalized spacial score (nSPS) is 19.8. The summed E-state index contributed by atoms with van der Waals surface area (Å²) >= 11 is 3.81. The number of benzene rings is 1. The van der Waals surface area contributed by atoms with E-state index >= 15 is 0 Å². The Labute approximate surface area is 128 Å². The van der Waals surface area contributed by atoms with Gasteiger partial charge in [-0.1, -0.05) is 0 Å². The maximum absolute atomic E-state index is 6.20. The molecule has 0 N–H and O–H groups in total. The van der Waals surface area contributed by atoms with Gasteiger partial charge in [-0.15, -0.1) is 23.5 Å². The molecule has 1 aromatic carbocycles. The Balaban J connectivity index is 2.19. The maximum Gasteiger partial charge on any atom is 0.164 e. The number of hydrogen-bond acceptors (Lipinski definition) is 5. The molecule has 20 heavy (non-hydrogen) atoms. The molecule has 0 saturated heterocycles. The molecule has 0 aromatic heterocycles. The third-order valence-corrected chi connectivity index (χ3v) is 6.33. The van der Waals surface area contributed by atoms with Crippen LogP contribution in [0.3, 0.4) is 0 Å². The quantitative estimate of drug-likeness (QED) is 0.822. The second-order valence-corrected chi connectivity index (χ2v) is 7.38. The van der Waals surface area contributed by atoms with Crippen molar-refractivity contribution >= 4 is 28.4 Å². The van der Waals surface area contributed by atoms with Crippen LogP contribution in [0.5, 0.6) is 17.2 Å². The smallest absolute Gasteiger partial charge is 0.164 e. The first kappa shape index (κ1) is 14.0. The van der Waals surface area contributed by atoms with Gasteiger partial charge in [0, 0.05) is 32.9 Å². The molecule has 1 aromatic rings. The van der Waals surface area contributed by atoms with Crippen LogP contribution in [-0.4, -0.2) is 31.3 Å². The van der Waals surface area contributed by atoms with Crippen molar-refractivity contribution in [1.82, 2.24) is 0 Å². The zero-order valence-electron chi connectivity index (χ0n) is 12.1. The minimum Gasteiger partial charge on any atom is -0.493 e. The van der Waals surface area contributed by atoms with Gasteiger partial charge in [0.1, 0.15) is 11.4 Å². The molecule has 2 aliphatic rings. The van der Waals surface area contributed by atoms with E-state index in [0.29, 0.717) is 5.75 Å². The fraction of sp³-hybridized carbons (Fsp3) is 0.467. The number of rotatable bonds is 2. The van der Waals surface area contributed by atoms with Gasteiger partial charge in [-0.2, -0.15) is 0 Å². The Morgan fingerprint density at radius 2 is 1.70 bits per heavy atom. The first-order chi connectivity index (χ1) is 9.56. The van der Waals surface area contributed by atoms with Crippen LogP contribution in [0.25, 0.3) is 4.91 Å². The van der Waals surface area contributed by atoms with Crippen molar-refractivity contribution in [3.05, 3.63) is 22.6 Å². The summed E-state index contributed by atoms with van der Waals surface area (Å²) in [4.78, 5) is 2.65. The van der Waals surface area contributed by atoms with E-state index in [9.17, 15) is 0 Å². The van der Waals surface area contributed by atoms with Crippen LogP contribution in [0, 0.1) is 0 Å². The Morgan fingerprint density at radius 3 is 2.40 bits per heavy atom. The standard InChI is InChI=1S/C15H18O3S2/c1-15(2)14-13(19-5-6-20-14)9-7-11(16-3)12(17-4)8-10(9)18-15/h7-8H,5-6H2,1-4H3. The van der Waals surface area contributed by atoms with Crippen molar-refractivity contribution in [1.29, 1.82) is 0 Å². The van der Waals surface area contributed by atoms with Gasteiger partial charge < -0.3 is 14.2 Å². The van der Waals surface area contributed by atoms with Gasteiger partial charge in [0.05, 0.1) is 14.2 Å². The number of ether oxygens (including phenoxy) is 3. The Bertz CT molecular complexity index is 579. The van der Waals surface area contributed by atoms with Crippen molar-refractivity contribution in [2.75, 3.05) is 25.7 Å². The van der Waals surface area contributed by atoms with Crippen LogP contribution >= 0.6 is 23.5 Å². The molecule has 3 rings (SSSR count). The van der Waals surface area contributed by atoms with E-state index in [2.05, 4.69) is 13.8 Å². The topological polar surface area (TPSA) is 27.7 Å². The van der Waals surface area contributed by atoms with Crippen LogP contribution in [0.4, 0.5) is 0 Å². The van der Waals surface area contributed by atoms with E-state index < -0.39 is 0 Å². The highest BCUT2D eigenvalue weighted by atomic mass is 32.2. The van der Waals surface area contributed by atoms with E-state index in [1.54, 1.807) is 14.2 Å². The molecule has 0 aliphatic carbocycles. The molecule has 0 bridgehead atoms. The highest BCUT2D eigenvalue weighted by Crippen LogP contribution is 2.54. The van der Waals surface area contributed by atoms with E-state index in [4.69, 9.17) is 14.2 Å². The highest BCUT2D eigenvalue weighted by molar-refractivity contribution is 8.13. The summed E-state index contributed by atoms with van der Waals surface area (Å²) in [6.07, 6.45) is 0. The van der Waals surface area contributed by atoms with Gasteiger partial charge in [0.25, 0.3) is 0 Å². The van der Waals surface area contributed by atoms with Gasteiger partial charge in [0.15, 0.2) is 11.5 Å². The number of hydrogen-bond donors (Lipinski definition) is 0. The van der Waals surface area contributed by atoms with Gasteiger partial charge >= 0.3 is 0 Å². The molecule has 2 heterocycles. The Kier molecular flexibility index (Phi) is 3.58. The second kappa shape index (κ2) is 5.11. The molecule has 0 unspecified atom stereocenters. The van der Waals surface area contributed by atoms with Crippen LogP contribution in [0.2, 0.25) is 0 Å². The fourth-order valence-electron chi connectivity index (χ4n) is 2.51. The molecular formula is C15H18O3S2. The molecule has 0 radical (unpaired) electrons. The first-order valence-electron chi connectivity index (χ1n) is 6.52. The van der Waals surface area contributed by atoms with Crippen LogP contribution in [0.15, 0.2) is 17.0 Å². The van der Waals surface area contributed by atoms with Gasteiger partial charge in [0.2, 0.25) is 0 Å². The molecular weight excluding hydrogens is 292 g/mol. The molecule has 5 heteroatoms. The zero-order valence-corrected chi connectivity index (χ0v) is 13.7. The summed E-state index contributed by atoms with van der Waals surface area (Å²) in [7, 11) is 3.31. The van der Waals surface area contributed by atoms with E-state index in [-0.39, 0.29) is 5.60 Å². The lowest BCUT2D eigenvalue weighted by molar-refractivity contribution is 0.153. The Morgan fingerprint density at radius 1 is 1.05 bits per heavy atom. The third-order valence-electron chi connectivity index (χ3n) is 3.42. The van der Waals surface area contributed by atoms with Gasteiger partial charge in [-0.25, -0.2) is 0 Å². The van der Waals surface area contributed by atoms with Crippen molar-refractivity contribution < 1.29 is 14.2 Å². The predicted octanol–water partition coefficient (Wildman–Crippen LogP) is 4.02. The Hall–Kier alpha value is -0.940. The van der Waals surface area contributed by atoms with Crippen LogP contribution < -0.4 is 14.2 Å². The lowest BCUT2D eigenvalue weighted by atomic mass is 10.0. The number of thioether (sulfide) groups is 2. The average molecular weight is 310 g/mol. The van der Waals surface area contributed by atoms with E-state index in [1.807, 2.05) is 35.7 Å². The predicted molar refractivity (Wildman–Crippen MR) is 86.1 cm³/mol. The fourth-order valence-corrected chi connectivity index (χ4v) is 5.26. The monoisotopic (exact) mass is 310 g/mol. The van der Waals surface area contributed by atoms with Gasteiger partial charge in [-0.05, 0) is 19.9 Å². The molecule has 3 nitrogen and oxygen atoms in total. The zero-order chi connectivity index (χ0) is 14.3. The molecule has 0 saturated carbocycles. The average Bonchev–Trinajstić information content (AvgIpc) is 2.46. The third kappa shape index (κ3) is 2.17. The van der Waals surface area contributed by atoms with Crippen molar-refractivity contribution in [2.24, 2.45) is 0 Å². The van der Waals surface area contributed by atoms with Crippen molar-refractivity contribution in [3.8, 4) is 17.2 Å². The molecule has 0 fully saturated rings. The second-order valence-electron chi connectivity index (χ2n) is 5.17. The minimum absolute atomic E-state index is 0.278.